The average Bonchev–Trinajstić information content (AvgIpc) is 1.63. The molecular formula is C4H6Cl2O3. The summed E-state index contributed by atoms with van der Waals surface area (Å²) in [6.07, 6.45) is -0.0936. The van der Waals surface area contributed by atoms with Crippen molar-refractivity contribution in [3.63, 3.8) is 0 Å². The molecule has 0 aromatic heterocycles. The van der Waals surface area contributed by atoms with Crippen LogP contribution in [0.25, 0.3) is 0 Å². The van der Waals surface area contributed by atoms with Gasteiger partial charge in [-0.25, -0.2) is 0 Å². The topological polar surface area (TPSA) is 46.5 Å². The van der Waals surface area contributed by atoms with Crippen LogP contribution in [0.15, 0.2) is 0 Å². The van der Waals surface area contributed by atoms with Crippen LogP contribution in [0.5, 0.6) is 0 Å². The quantitative estimate of drug-likeness (QED) is 0.387. The van der Waals surface area contributed by atoms with Gasteiger partial charge in [0.05, 0.1) is 6.42 Å². The van der Waals surface area contributed by atoms with Crippen molar-refractivity contribution < 1.29 is 14.6 Å². The molecule has 0 rings (SSSR count). The van der Waals surface area contributed by atoms with E-state index in [1.807, 2.05) is 0 Å². The molecule has 0 atom stereocenters. The van der Waals surface area contributed by atoms with E-state index in [0.29, 0.717) is 0 Å². The second kappa shape index (κ2) is 4.85. The van der Waals surface area contributed by atoms with Crippen molar-refractivity contribution in [3.05, 3.63) is 0 Å². The number of esters is 1. The van der Waals surface area contributed by atoms with E-state index in [0.717, 1.165) is 0 Å². The van der Waals surface area contributed by atoms with Gasteiger partial charge in [0.25, 0.3) is 0 Å². The summed E-state index contributed by atoms with van der Waals surface area (Å²) in [4.78, 5) is 9.54. The molecule has 54 valence electrons. The second-order valence-corrected chi connectivity index (χ2v) is 2.52. The minimum Gasteiger partial charge on any atom is -0.439 e. The average molecular weight is 173 g/mol. The van der Waals surface area contributed by atoms with Gasteiger partial charge in [0.1, 0.15) is 4.84 Å². The van der Waals surface area contributed by atoms with E-state index in [1.165, 1.54) is 0 Å². The number of aliphatic hydroxyl groups excluding tert-OH is 1. The molecule has 1 N–H and O–H groups in total. The largest absolute Gasteiger partial charge is 0.439 e. The Morgan fingerprint density at radius 3 is 2.56 bits per heavy atom. The molecule has 0 aliphatic heterocycles. The molecule has 0 radical (unpaired) electrons. The van der Waals surface area contributed by atoms with Gasteiger partial charge in [-0.05, 0) is 0 Å². The molecule has 3 nitrogen and oxygen atoms in total. The summed E-state index contributed by atoms with van der Waals surface area (Å²) in [5.41, 5.74) is 0. The molecule has 0 aliphatic carbocycles. The molecule has 0 aliphatic rings. The van der Waals surface area contributed by atoms with Crippen molar-refractivity contribution in [1.82, 2.24) is 0 Å². The van der Waals surface area contributed by atoms with Crippen molar-refractivity contribution in [2.24, 2.45) is 0 Å². The highest BCUT2D eigenvalue weighted by Gasteiger charge is 2.07. The number of rotatable bonds is 3. The van der Waals surface area contributed by atoms with Crippen LogP contribution in [0.3, 0.4) is 0 Å². The maximum absolute atomic E-state index is 10.3. The third-order valence-corrected chi connectivity index (χ3v) is 0.855. The predicted molar refractivity (Wildman–Crippen MR) is 33.3 cm³/mol. The Balaban J connectivity index is 3.27. The second-order valence-electron chi connectivity index (χ2n) is 1.24. The molecule has 0 saturated heterocycles. The predicted octanol–water partition coefficient (Wildman–Crippen LogP) is 0.673. The minimum absolute atomic E-state index is 0.0936. The highest BCUT2D eigenvalue weighted by Crippen LogP contribution is 2.06. The zero-order chi connectivity index (χ0) is 7.28. The van der Waals surface area contributed by atoms with E-state index in [4.69, 9.17) is 28.3 Å². The fraction of sp³-hybridized carbons (Fsp3) is 0.750. The Kier molecular flexibility index (Phi) is 4.85. The maximum atomic E-state index is 10.3. The number of aliphatic hydroxyl groups is 1. The molecule has 0 fully saturated rings. The van der Waals surface area contributed by atoms with Gasteiger partial charge in [-0.2, -0.15) is 0 Å². The minimum atomic E-state index is -0.760. The van der Waals surface area contributed by atoms with Gasteiger partial charge in [-0.1, -0.05) is 0 Å². The lowest BCUT2D eigenvalue weighted by Crippen LogP contribution is -2.08. The first-order valence-corrected chi connectivity index (χ1v) is 3.08. The van der Waals surface area contributed by atoms with E-state index in [2.05, 4.69) is 4.74 Å². The Bertz CT molecular complexity index is 93.8. The normalized spacial score (nSPS) is 9.78. The van der Waals surface area contributed by atoms with Gasteiger partial charge in [-0.3, -0.25) is 4.79 Å². The van der Waals surface area contributed by atoms with Crippen LogP contribution in [0, 0.1) is 0 Å². The number of hydrogen-bond donors (Lipinski definition) is 1. The van der Waals surface area contributed by atoms with E-state index >= 15 is 0 Å². The molecular weight excluding hydrogens is 167 g/mol. The van der Waals surface area contributed by atoms with Crippen LogP contribution >= 0.6 is 23.2 Å². The Labute approximate surface area is 62.5 Å². The Morgan fingerprint density at radius 1 is 1.67 bits per heavy atom. The highest BCUT2D eigenvalue weighted by atomic mass is 35.5. The number of ether oxygens (including phenoxy) is 1. The molecule has 0 saturated carbocycles. The zero-order valence-corrected chi connectivity index (χ0v) is 6.02. The van der Waals surface area contributed by atoms with Gasteiger partial charge in [-0.15, -0.1) is 23.2 Å². The molecule has 5 heteroatoms. The number of halogens is 2. The zero-order valence-electron chi connectivity index (χ0n) is 4.51. The molecule has 0 amide bonds. The summed E-state index contributed by atoms with van der Waals surface area (Å²) in [6, 6.07) is 0. The smallest absolute Gasteiger partial charge is 0.310 e. The Hall–Kier alpha value is 0.01000. The van der Waals surface area contributed by atoms with E-state index in [9.17, 15) is 4.79 Å². The Morgan fingerprint density at radius 2 is 2.22 bits per heavy atom. The van der Waals surface area contributed by atoms with E-state index < -0.39 is 17.6 Å². The van der Waals surface area contributed by atoms with Crippen molar-refractivity contribution in [2.45, 2.75) is 11.3 Å². The van der Waals surface area contributed by atoms with Gasteiger partial charge < -0.3 is 9.84 Å². The molecule has 0 aromatic carbocycles. The van der Waals surface area contributed by atoms with Crippen LogP contribution in [0.2, 0.25) is 0 Å². The molecule has 0 unspecified atom stereocenters. The summed E-state index contributed by atoms with van der Waals surface area (Å²) >= 11 is 10.4. The molecule has 9 heavy (non-hydrogen) atoms. The molecule has 0 spiro atoms. The molecule has 0 bridgehead atoms. The van der Waals surface area contributed by atoms with Gasteiger partial charge in [0, 0.05) is 0 Å². The first kappa shape index (κ1) is 9.01. The lowest BCUT2D eigenvalue weighted by atomic mass is 10.5. The van der Waals surface area contributed by atoms with Crippen molar-refractivity contribution in [2.75, 3.05) is 6.79 Å². The fourth-order valence-electron chi connectivity index (χ4n) is 0.257. The SMILES string of the molecule is O=C(CC(Cl)Cl)OCO. The van der Waals surface area contributed by atoms with Gasteiger partial charge in [0.2, 0.25) is 0 Å². The van der Waals surface area contributed by atoms with Crippen molar-refractivity contribution in [1.29, 1.82) is 0 Å². The highest BCUT2D eigenvalue weighted by molar-refractivity contribution is 6.45. The van der Waals surface area contributed by atoms with Crippen LogP contribution in [-0.2, 0) is 9.53 Å². The van der Waals surface area contributed by atoms with E-state index in [1.54, 1.807) is 0 Å². The number of hydrogen-bond acceptors (Lipinski definition) is 3. The third-order valence-electron chi connectivity index (χ3n) is 0.547. The van der Waals surface area contributed by atoms with Gasteiger partial charge in [0.15, 0.2) is 6.79 Å². The van der Waals surface area contributed by atoms with Crippen LogP contribution in [-0.4, -0.2) is 22.7 Å². The molecule has 0 heterocycles. The van der Waals surface area contributed by atoms with Gasteiger partial charge >= 0.3 is 5.97 Å². The summed E-state index contributed by atoms with van der Waals surface area (Å²) in [7, 11) is 0. The third kappa shape index (κ3) is 5.89. The number of carbonyl (C=O) groups is 1. The summed E-state index contributed by atoms with van der Waals surface area (Å²) in [5.74, 6) is -0.604. The lowest BCUT2D eigenvalue weighted by molar-refractivity contribution is -0.151. The fourth-order valence-corrected chi connectivity index (χ4v) is 0.509. The van der Waals surface area contributed by atoms with Crippen molar-refractivity contribution >= 4 is 29.2 Å². The summed E-state index contributed by atoms with van der Waals surface area (Å²) in [5, 5.41) is 8.02. The lowest BCUT2D eigenvalue weighted by Gasteiger charge is -1.99. The van der Waals surface area contributed by atoms with Crippen LogP contribution < -0.4 is 0 Å². The number of carbonyl (C=O) groups excluding carboxylic acids is 1. The number of alkyl halides is 2. The maximum Gasteiger partial charge on any atom is 0.310 e. The summed E-state index contributed by atoms with van der Waals surface area (Å²) in [6.45, 7) is -0.626. The van der Waals surface area contributed by atoms with Crippen LogP contribution in [0.1, 0.15) is 6.42 Å². The van der Waals surface area contributed by atoms with Crippen LogP contribution in [0.4, 0.5) is 0 Å². The molecule has 0 aromatic rings. The first-order valence-electron chi connectivity index (χ1n) is 2.21. The first-order chi connectivity index (χ1) is 4.16. The monoisotopic (exact) mass is 172 g/mol. The summed E-state index contributed by atoms with van der Waals surface area (Å²) < 4.78 is 4.10. The van der Waals surface area contributed by atoms with Crippen molar-refractivity contribution in [3.8, 4) is 0 Å². The van der Waals surface area contributed by atoms with E-state index in [-0.39, 0.29) is 6.42 Å². The standard InChI is InChI=1S/C4H6Cl2O3/c5-3(6)1-4(8)9-2-7/h3,7H,1-2H2.